The third-order valence-electron chi connectivity index (χ3n) is 3.48. The Labute approximate surface area is 94.4 Å². The molecular formula is C11H19BrS. The minimum atomic E-state index is 0.819. The van der Waals surface area contributed by atoms with Gasteiger partial charge in [-0.05, 0) is 24.0 Å². The smallest absolute Gasteiger partial charge is 0.0272 e. The first kappa shape index (κ1) is 10.4. The number of halogens is 1. The topological polar surface area (TPSA) is 0 Å². The Morgan fingerprint density at radius 1 is 1.08 bits per heavy atom. The summed E-state index contributed by atoms with van der Waals surface area (Å²) in [5, 5.41) is 0. The molecule has 2 fully saturated rings. The predicted octanol–water partition coefficient (Wildman–Crippen LogP) is 4.08. The van der Waals surface area contributed by atoms with Crippen LogP contribution in [0.5, 0.6) is 0 Å². The van der Waals surface area contributed by atoms with Crippen LogP contribution >= 0.6 is 27.7 Å². The summed E-state index contributed by atoms with van der Waals surface area (Å²) < 4.78 is 0. The Balaban J connectivity index is 1.75. The molecule has 2 rings (SSSR count). The summed E-state index contributed by atoms with van der Waals surface area (Å²) in [6.45, 7) is 0. The van der Waals surface area contributed by atoms with Crippen LogP contribution in [0.25, 0.3) is 0 Å². The third kappa shape index (κ3) is 2.89. The van der Waals surface area contributed by atoms with Gasteiger partial charge in [0.15, 0.2) is 0 Å². The minimum Gasteiger partial charge on any atom is -0.161 e. The second-order valence-electron chi connectivity index (χ2n) is 4.55. The lowest BCUT2D eigenvalue weighted by atomic mass is 9.82. The molecule has 1 saturated heterocycles. The van der Waals surface area contributed by atoms with E-state index >= 15 is 0 Å². The van der Waals surface area contributed by atoms with E-state index < -0.39 is 0 Å². The molecule has 13 heavy (non-hydrogen) atoms. The highest BCUT2D eigenvalue weighted by atomic mass is 79.9. The zero-order chi connectivity index (χ0) is 9.10. The fourth-order valence-electron chi connectivity index (χ4n) is 2.64. The summed E-state index contributed by atoms with van der Waals surface area (Å²) in [4.78, 5) is 0.819. The van der Waals surface area contributed by atoms with Gasteiger partial charge in [-0.1, -0.05) is 48.0 Å². The van der Waals surface area contributed by atoms with Gasteiger partial charge in [0.05, 0.1) is 0 Å². The number of rotatable bonds is 2. The molecule has 0 aromatic rings. The van der Waals surface area contributed by atoms with Gasteiger partial charge < -0.3 is 0 Å². The molecule has 0 spiro atoms. The van der Waals surface area contributed by atoms with Crippen molar-refractivity contribution in [1.82, 2.24) is 0 Å². The van der Waals surface area contributed by atoms with E-state index in [-0.39, 0.29) is 0 Å². The van der Waals surface area contributed by atoms with Crippen molar-refractivity contribution >= 4 is 27.7 Å². The Bertz CT molecular complexity index is 154. The van der Waals surface area contributed by atoms with Gasteiger partial charge in [0.1, 0.15) is 0 Å². The molecule has 1 heterocycles. The normalized spacial score (nSPS) is 36.7. The largest absolute Gasteiger partial charge is 0.161 e. The predicted molar refractivity (Wildman–Crippen MR) is 64.7 cm³/mol. The summed E-state index contributed by atoms with van der Waals surface area (Å²) in [7, 11) is 0. The van der Waals surface area contributed by atoms with Gasteiger partial charge in [-0.3, -0.25) is 0 Å². The molecular weight excluding hydrogens is 244 g/mol. The van der Waals surface area contributed by atoms with Gasteiger partial charge in [0.2, 0.25) is 0 Å². The Morgan fingerprint density at radius 2 is 1.85 bits per heavy atom. The Kier molecular flexibility index (Phi) is 4.03. The molecule has 1 saturated carbocycles. The van der Waals surface area contributed by atoms with E-state index in [2.05, 4.69) is 27.7 Å². The fourth-order valence-corrected chi connectivity index (χ4v) is 5.15. The van der Waals surface area contributed by atoms with Crippen LogP contribution in [0, 0.1) is 11.8 Å². The highest BCUT2D eigenvalue weighted by Gasteiger charge is 2.28. The zero-order valence-corrected chi connectivity index (χ0v) is 10.6. The maximum atomic E-state index is 3.81. The number of thioether (sulfide) groups is 1. The fraction of sp³-hybridized carbons (Fsp3) is 1.00. The van der Waals surface area contributed by atoms with Crippen molar-refractivity contribution in [2.45, 2.75) is 43.4 Å². The van der Waals surface area contributed by atoms with Gasteiger partial charge in [0.25, 0.3) is 0 Å². The van der Waals surface area contributed by atoms with Crippen molar-refractivity contribution in [3.63, 3.8) is 0 Å². The molecule has 2 heteroatoms. The van der Waals surface area contributed by atoms with Crippen LogP contribution in [0.1, 0.15) is 38.5 Å². The quantitative estimate of drug-likeness (QED) is 0.676. The second kappa shape index (κ2) is 5.06. The summed E-state index contributed by atoms with van der Waals surface area (Å²) in [5.41, 5.74) is 0. The lowest BCUT2D eigenvalue weighted by molar-refractivity contribution is 0.302. The zero-order valence-electron chi connectivity index (χ0n) is 8.18. The van der Waals surface area contributed by atoms with Crippen LogP contribution in [0.15, 0.2) is 0 Å². The van der Waals surface area contributed by atoms with Crippen molar-refractivity contribution in [3.05, 3.63) is 0 Å². The summed E-state index contributed by atoms with van der Waals surface area (Å²) >= 11 is 5.94. The van der Waals surface area contributed by atoms with E-state index in [4.69, 9.17) is 0 Å². The van der Waals surface area contributed by atoms with Crippen LogP contribution in [0.3, 0.4) is 0 Å². The standard InChI is InChI=1S/C11H19BrS/c12-11-8-13-7-10(11)6-9-4-2-1-3-5-9/h9-11H,1-8H2. The van der Waals surface area contributed by atoms with Crippen molar-refractivity contribution < 1.29 is 0 Å². The molecule has 0 amide bonds. The lowest BCUT2D eigenvalue weighted by Crippen LogP contribution is -2.18. The molecule has 2 unspecified atom stereocenters. The molecule has 2 aliphatic rings. The van der Waals surface area contributed by atoms with Crippen molar-refractivity contribution in [2.75, 3.05) is 11.5 Å². The van der Waals surface area contributed by atoms with Crippen LogP contribution in [0.2, 0.25) is 0 Å². The molecule has 0 N–H and O–H groups in total. The first-order valence-electron chi connectivity index (χ1n) is 5.58. The van der Waals surface area contributed by atoms with Gasteiger partial charge >= 0.3 is 0 Å². The third-order valence-corrected chi connectivity index (χ3v) is 6.24. The van der Waals surface area contributed by atoms with E-state index in [1.165, 1.54) is 50.0 Å². The molecule has 0 bridgehead atoms. The Morgan fingerprint density at radius 3 is 2.46 bits per heavy atom. The molecule has 76 valence electrons. The maximum Gasteiger partial charge on any atom is 0.0272 e. The minimum absolute atomic E-state index is 0.819. The molecule has 0 radical (unpaired) electrons. The first-order valence-corrected chi connectivity index (χ1v) is 7.65. The van der Waals surface area contributed by atoms with Gasteiger partial charge in [-0.2, -0.15) is 11.8 Å². The molecule has 0 nitrogen and oxygen atoms in total. The number of alkyl halides is 1. The molecule has 1 aliphatic carbocycles. The summed E-state index contributed by atoms with van der Waals surface area (Å²) in [6, 6.07) is 0. The van der Waals surface area contributed by atoms with Crippen molar-refractivity contribution in [3.8, 4) is 0 Å². The second-order valence-corrected chi connectivity index (χ2v) is 6.80. The number of hydrogen-bond acceptors (Lipinski definition) is 1. The number of hydrogen-bond donors (Lipinski definition) is 0. The average molecular weight is 263 g/mol. The highest BCUT2D eigenvalue weighted by molar-refractivity contribution is 9.09. The van der Waals surface area contributed by atoms with E-state index in [1.54, 1.807) is 0 Å². The summed E-state index contributed by atoms with van der Waals surface area (Å²) in [6.07, 6.45) is 9.02. The molecule has 0 aromatic carbocycles. The van der Waals surface area contributed by atoms with E-state index in [1.807, 2.05) is 0 Å². The first-order chi connectivity index (χ1) is 6.36. The van der Waals surface area contributed by atoms with Crippen molar-refractivity contribution in [1.29, 1.82) is 0 Å². The Hall–Kier alpha value is 0.830. The average Bonchev–Trinajstić information content (AvgIpc) is 2.54. The van der Waals surface area contributed by atoms with E-state index in [9.17, 15) is 0 Å². The lowest BCUT2D eigenvalue weighted by Gasteiger charge is -2.25. The van der Waals surface area contributed by atoms with Crippen LogP contribution in [-0.4, -0.2) is 16.3 Å². The highest BCUT2D eigenvalue weighted by Crippen LogP contribution is 2.37. The molecule has 2 atom stereocenters. The SMILES string of the molecule is BrC1CSCC1CC1CCCCC1. The van der Waals surface area contributed by atoms with Crippen LogP contribution in [-0.2, 0) is 0 Å². The van der Waals surface area contributed by atoms with Crippen LogP contribution < -0.4 is 0 Å². The maximum absolute atomic E-state index is 3.81. The van der Waals surface area contributed by atoms with Crippen molar-refractivity contribution in [2.24, 2.45) is 11.8 Å². The van der Waals surface area contributed by atoms with Gasteiger partial charge in [-0.25, -0.2) is 0 Å². The van der Waals surface area contributed by atoms with E-state index in [0.717, 1.165) is 16.7 Å². The monoisotopic (exact) mass is 262 g/mol. The van der Waals surface area contributed by atoms with Gasteiger partial charge in [0, 0.05) is 10.6 Å². The summed E-state index contributed by atoms with van der Waals surface area (Å²) in [5.74, 6) is 4.80. The molecule has 1 aliphatic heterocycles. The van der Waals surface area contributed by atoms with E-state index in [0.29, 0.717) is 0 Å². The molecule has 0 aromatic heterocycles. The van der Waals surface area contributed by atoms with Gasteiger partial charge in [-0.15, -0.1) is 0 Å². The van der Waals surface area contributed by atoms with Crippen LogP contribution in [0.4, 0.5) is 0 Å².